The molecule has 0 aliphatic carbocycles. The first-order chi connectivity index (χ1) is 9.47. The van der Waals surface area contributed by atoms with Crippen molar-refractivity contribution in [1.29, 1.82) is 0 Å². The second kappa shape index (κ2) is 6.19. The molecule has 106 valence electrons. The number of anilines is 1. The Kier molecular flexibility index (Phi) is 4.56. The lowest BCUT2D eigenvalue weighted by Crippen LogP contribution is -2.07. The molecule has 2 rings (SSSR count). The molecule has 0 bridgehead atoms. The summed E-state index contributed by atoms with van der Waals surface area (Å²) in [7, 11) is 3.77. The molecule has 5 nitrogen and oxygen atoms in total. The van der Waals surface area contributed by atoms with E-state index in [4.69, 9.17) is 5.11 Å². The molecule has 0 amide bonds. The van der Waals surface area contributed by atoms with E-state index in [-0.39, 0.29) is 5.56 Å². The number of carbonyl (C=O) groups is 1. The summed E-state index contributed by atoms with van der Waals surface area (Å²) >= 11 is 2.89. The van der Waals surface area contributed by atoms with Gasteiger partial charge in [-0.15, -0.1) is 10.2 Å². The lowest BCUT2D eigenvalue weighted by molar-refractivity contribution is 0.0692. The third-order valence-corrected chi connectivity index (χ3v) is 4.70. The van der Waals surface area contributed by atoms with Crippen LogP contribution in [0.4, 0.5) is 9.52 Å². The predicted molar refractivity (Wildman–Crippen MR) is 77.2 cm³/mol. The van der Waals surface area contributed by atoms with E-state index in [1.165, 1.54) is 35.2 Å². The molecule has 0 saturated heterocycles. The minimum absolute atomic E-state index is 0.311. The van der Waals surface area contributed by atoms with Crippen molar-refractivity contribution in [1.82, 2.24) is 10.2 Å². The van der Waals surface area contributed by atoms with Crippen molar-refractivity contribution in [3.63, 3.8) is 0 Å². The smallest absolute Gasteiger partial charge is 0.338 e. The summed E-state index contributed by atoms with van der Waals surface area (Å²) < 4.78 is 14.0. The molecular formula is C12H12FN3O2S2. The fourth-order valence-corrected chi connectivity index (χ4v) is 3.12. The van der Waals surface area contributed by atoms with Gasteiger partial charge in [-0.2, -0.15) is 0 Å². The van der Waals surface area contributed by atoms with Crippen LogP contribution >= 0.6 is 23.1 Å². The van der Waals surface area contributed by atoms with E-state index in [9.17, 15) is 9.18 Å². The fourth-order valence-electron chi connectivity index (χ4n) is 1.41. The Balaban J connectivity index is 2.06. The van der Waals surface area contributed by atoms with Gasteiger partial charge in [-0.3, -0.25) is 0 Å². The average Bonchev–Trinajstić information content (AvgIpc) is 2.86. The van der Waals surface area contributed by atoms with Crippen LogP contribution in [0.5, 0.6) is 0 Å². The molecule has 2 aromatic rings. The molecule has 0 fully saturated rings. The third-order valence-electron chi connectivity index (χ3n) is 2.40. The van der Waals surface area contributed by atoms with Gasteiger partial charge in [0.2, 0.25) is 5.13 Å². The molecule has 1 N–H and O–H groups in total. The molecule has 0 aliphatic heterocycles. The Morgan fingerprint density at radius 3 is 2.80 bits per heavy atom. The quantitative estimate of drug-likeness (QED) is 0.856. The molecule has 0 atom stereocenters. The summed E-state index contributed by atoms with van der Waals surface area (Å²) in [4.78, 5) is 12.7. The van der Waals surface area contributed by atoms with Crippen LogP contribution in [0.2, 0.25) is 0 Å². The zero-order valence-corrected chi connectivity index (χ0v) is 12.5. The number of aromatic carboxylic acids is 1. The van der Waals surface area contributed by atoms with Crippen LogP contribution in [0.15, 0.2) is 22.5 Å². The second-order valence-electron chi connectivity index (χ2n) is 4.15. The maximum Gasteiger partial charge on any atom is 0.338 e. The van der Waals surface area contributed by atoms with Crippen LogP contribution in [0.1, 0.15) is 15.9 Å². The van der Waals surface area contributed by atoms with Crippen molar-refractivity contribution in [2.45, 2.75) is 10.1 Å². The van der Waals surface area contributed by atoms with Crippen molar-refractivity contribution >= 4 is 34.2 Å². The molecule has 20 heavy (non-hydrogen) atoms. The summed E-state index contributed by atoms with van der Waals surface area (Å²) in [5.41, 5.74) is 0.421. The Morgan fingerprint density at radius 1 is 1.45 bits per heavy atom. The average molecular weight is 313 g/mol. The molecule has 1 aromatic heterocycles. The molecule has 0 aliphatic rings. The summed E-state index contributed by atoms with van der Waals surface area (Å²) in [6.07, 6.45) is 0. The van der Waals surface area contributed by atoms with Crippen molar-refractivity contribution < 1.29 is 14.3 Å². The first kappa shape index (κ1) is 14.7. The first-order valence-corrected chi connectivity index (χ1v) is 7.43. The van der Waals surface area contributed by atoms with Gasteiger partial charge in [-0.25, -0.2) is 9.18 Å². The predicted octanol–water partition coefficient (Wildman–Crippen LogP) is 2.73. The number of hydrogen-bond acceptors (Lipinski definition) is 6. The second-order valence-corrected chi connectivity index (χ2v) is 6.33. The number of aromatic nitrogens is 2. The van der Waals surface area contributed by atoms with E-state index in [1.807, 2.05) is 19.0 Å². The molecule has 1 heterocycles. The molecule has 8 heteroatoms. The van der Waals surface area contributed by atoms with E-state index in [2.05, 4.69) is 10.2 Å². The van der Waals surface area contributed by atoms with Crippen LogP contribution in [-0.2, 0) is 5.75 Å². The van der Waals surface area contributed by atoms with Gasteiger partial charge in [0, 0.05) is 19.8 Å². The highest BCUT2D eigenvalue weighted by Gasteiger charge is 2.12. The Labute approximate surface area is 123 Å². The van der Waals surface area contributed by atoms with Crippen LogP contribution < -0.4 is 4.90 Å². The van der Waals surface area contributed by atoms with Crippen molar-refractivity contribution in [2.75, 3.05) is 19.0 Å². The van der Waals surface area contributed by atoms with Crippen LogP contribution in [0.25, 0.3) is 0 Å². The van der Waals surface area contributed by atoms with Crippen LogP contribution in [0, 0.1) is 5.82 Å². The monoisotopic (exact) mass is 313 g/mol. The normalized spacial score (nSPS) is 10.6. The highest BCUT2D eigenvalue weighted by atomic mass is 32.2. The van der Waals surface area contributed by atoms with Gasteiger partial charge < -0.3 is 10.0 Å². The largest absolute Gasteiger partial charge is 0.478 e. The summed E-state index contributed by atoms with van der Waals surface area (Å²) in [5, 5.41) is 17.7. The standard InChI is InChI=1S/C12H12FN3O2S2/c1-16(2)11-14-15-12(20-11)19-6-7-3-4-9(13)8(5-7)10(17)18/h3-5H,6H2,1-2H3,(H,17,18). The first-order valence-electron chi connectivity index (χ1n) is 5.62. The van der Waals surface area contributed by atoms with Crippen molar-refractivity contribution in [2.24, 2.45) is 0 Å². The number of rotatable bonds is 5. The van der Waals surface area contributed by atoms with E-state index < -0.39 is 11.8 Å². The van der Waals surface area contributed by atoms with Gasteiger partial charge >= 0.3 is 5.97 Å². The Morgan fingerprint density at radius 2 is 2.20 bits per heavy atom. The van der Waals surface area contributed by atoms with Gasteiger partial charge in [0.15, 0.2) is 4.34 Å². The summed E-state index contributed by atoms with van der Waals surface area (Å²) in [6.45, 7) is 0. The van der Waals surface area contributed by atoms with Crippen LogP contribution in [-0.4, -0.2) is 35.4 Å². The maximum absolute atomic E-state index is 13.3. The third kappa shape index (κ3) is 3.45. The van der Waals surface area contributed by atoms with E-state index in [0.717, 1.165) is 15.0 Å². The number of carboxylic acid groups (broad SMARTS) is 1. The SMILES string of the molecule is CN(C)c1nnc(SCc2ccc(F)c(C(=O)O)c2)s1. The van der Waals surface area contributed by atoms with Gasteiger partial charge in [0.05, 0.1) is 5.56 Å². The number of halogens is 1. The van der Waals surface area contributed by atoms with Gasteiger partial charge in [0.1, 0.15) is 5.82 Å². The Hall–Kier alpha value is -1.67. The van der Waals surface area contributed by atoms with Gasteiger partial charge in [-0.1, -0.05) is 29.2 Å². The molecule has 0 unspecified atom stereocenters. The zero-order valence-electron chi connectivity index (χ0n) is 10.8. The summed E-state index contributed by atoms with van der Waals surface area (Å²) in [6, 6.07) is 4.09. The molecule has 1 aromatic carbocycles. The van der Waals surface area contributed by atoms with E-state index in [1.54, 1.807) is 6.07 Å². The topological polar surface area (TPSA) is 66.3 Å². The molecule has 0 spiro atoms. The highest BCUT2D eigenvalue weighted by Crippen LogP contribution is 2.29. The van der Waals surface area contributed by atoms with Gasteiger partial charge in [-0.05, 0) is 17.7 Å². The lowest BCUT2D eigenvalue weighted by atomic mass is 10.1. The van der Waals surface area contributed by atoms with Crippen LogP contribution in [0.3, 0.4) is 0 Å². The number of carboxylic acids is 1. The van der Waals surface area contributed by atoms with Crippen molar-refractivity contribution in [3.8, 4) is 0 Å². The highest BCUT2D eigenvalue weighted by molar-refractivity contribution is 8.00. The minimum atomic E-state index is -1.26. The Bertz CT molecular complexity index is 631. The number of nitrogens with zero attached hydrogens (tertiary/aromatic N) is 3. The maximum atomic E-state index is 13.3. The lowest BCUT2D eigenvalue weighted by Gasteiger charge is -2.04. The number of thioether (sulfide) groups is 1. The zero-order chi connectivity index (χ0) is 14.7. The molecular weight excluding hydrogens is 301 g/mol. The van der Waals surface area contributed by atoms with Gasteiger partial charge in [0.25, 0.3) is 0 Å². The van der Waals surface area contributed by atoms with E-state index >= 15 is 0 Å². The summed E-state index contributed by atoms with van der Waals surface area (Å²) in [5.74, 6) is -1.47. The molecule has 0 radical (unpaired) electrons. The van der Waals surface area contributed by atoms with Crippen molar-refractivity contribution in [3.05, 3.63) is 35.1 Å². The minimum Gasteiger partial charge on any atom is -0.478 e. The molecule has 0 saturated carbocycles. The number of hydrogen-bond donors (Lipinski definition) is 1. The van der Waals surface area contributed by atoms with E-state index in [0.29, 0.717) is 5.75 Å². The number of benzene rings is 1. The fraction of sp³-hybridized carbons (Fsp3) is 0.250.